The molecule has 27 heavy (non-hydrogen) atoms. The van der Waals surface area contributed by atoms with Gasteiger partial charge in [0.05, 0.1) is 0 Å². The van der Waals surface area contributed by atoms with Crippen LogP contribution < -0.4 is 0 Å². The van der Waals surface area contributed by atoms with Gasteiger partial charge in [0.1, 0.15) is 11.2 Å². The molecule has 0 saturated heterocycles. The summed E-state index contributed by atoms with van der Waals surface area (Å²) in [7, 11) is 1.64. The van der Waals surface area contributed by atoms with Gasteiger partial charge in [0.25, 0.3) is 0 Å². The number of cyclic esters (lactones) is 1. The molecule has 1 atom stereocenters. The van der Waals surface area contributed by atoms with Gasteiger partial charge in [-0.15, -0.1) is 0 Å². The first-order valence-corrected chi connectivity index (χ1v) is 9.33. The summed E-state index contributed by atoms with van der Waals surface area (Å²) in [6.45, 7) is 0. The van der Waals surface area contributed by atoms with Gasteiger partial charge in [-0.2, -0.15) is 0 Å². The molecule has 1 fully saturated rings. The van der Waals surface area contributed by atoms with Crippen LogP contribution in [-0.4, -0.2) is 18.7 Å². The maximum atomic E-state index is 13.2. The second kappa shape index (κ2) is 7.06. The highest BCUT2D eigenvalue weighted by molar-refractivity contribution is 5.89. The van der Waals surface area contributed by atoms with E-state index < -0.39 is 11.0 Å². The lowest BCUT2D eigenvalue weighted by Gasteiger charge is -2.43. The zero-order valence-electron chi connectivity index (χ0n) is 15.4. The van der Waals surface area contributed by atoms with E-state index in [1.54, 1.807) is 7.11 Å². The summed E-state index contributed by atoms with van der Waals surface area (Å²) < 4.78 is 11.8. The summed E-state index contributed by atoms with van der Waals surface area (Å²) in [6.07, 6.45) is 5.30. The average Bonchev–Trinajstić information content (AvgIpc) is 3.22. The Morgan fingerprint density at radius 3 is 2.22 bits per heavy atom. The highest BCUT2D eigenvalue weighted by Crippen LogP contribution is 2.53. The lowest BCUT2D eigenvalue weighted by molar-refractivity contribution is -0.163. The molecule has 1 heterocycles. The Labute approximate surface area is 160 Å². The predicted octanol–water partition coefficient (Wildman–Crippen LogP) is 4.58. The van der Waals surface area contributed by atoms with Gasteiger partial charge >= 0.3 is 5.97 Å². The van der Waals surface area contributed by atoms with Crippen LogP contribution in [0.2, 0.25) is 0 Å². The fourth-order valence-corrected chi connectivity index (χ4v) is 4.15. The normalized spacial score (nSPS) is 23.3. The van der Waals surface area contributed by atoms with E-state index >= 15 is 0 Å². The number of methoxy groups -OCH3 is 1. The molecule has 2 aliphatic rings. The minimum atomic E-state index is -1.00. The monoisotopic (exact) mass is 358 g/mol. The number of hydrogen-bond donors (Lipinski definition) is 0. The molecule has 4 rings (SSSR count). The molecule has 0 amide bonds. The molecule has 3 nitrogen and oxygen atoms in total. The predicted molar refractivity (Wildman–Crippen MR) is 104 cm³/mol. The smallest absolute Gasteiger partial charge is 0.321 e. The third-order valence-electron chi connectivity index (χ3n) is 5.64. The van der Waals surface area contributed by atoms with Crippen LogP contribution in [0.1, 0.15) is 36.8 Å². The lowest BCUT2D eigenvalue weighted by atomic mass is 9.68. The maximum absolute atomic E-state index is 13.2. The van der Waals surface area contributed by atoms with Crippen molar-refractivity contribution in [1.29, 1.82) is 0 Å². The highest BCUT2D eigenvalue weighted by atomic mass is 16.6. The minimum absolute atomic E-state index is 0.231. The Hall–Kier alpha value is -2.83. The topological polar surface area (TPSA) is 35.5 Å². The van der Waals surface area contributed by atoms with Gasteiger partial charge in [-0.25, -0.2) is 0 Å². The van der Waals surface area contributed by atoms with E-state index in [0.29, 0.717) is 5.76 Å². The molecular weight excluding hydrogens is 336 g/mol. The highest BCUT2D eigenvalue weighted by Gasteiger charge is 2.60. The van der Waals surface area contributed by atoms with Crippen molar-refractivity contribution in [3.8, 4) is 11.8 Å². The third-order valence-corrected chi connectivity index (χ3v) is 5.64. The van der Waals surface area contributed by atoms with Crippen LogP contribution in [0.3, 0.4) is 0 Å². The molecule has 1 spiro atoms. The molecule has 2 aromatic carbocycles. The Bertz CT molecular complexity index is 912. The quantitative estimate of drug-likeness (QED) is 0.582. The van der Waals surface area contributed by atoms with E-state index in [-0.39, 0.29) is 5.97 Å². The zero-order valence-corrected chi connectivity index (χ0v) is 15.4. The standard InChI is InChI=1S/C24H22O3/c1-26-24(17-14-19-10-4-2-5-11-19)18-21(20-12-6-3-7-13-20)27-22(25)23(24)15-8-9-16-23/h2-7,10-13,18H,8-9,15-16H2,1H3. The molecule has 136 valence electrons. The lowest BCUT2D eigenvalue weighted by Crippen LogP contribution is -2.54. The van der Waals surface area contributed by atoms with E-state index in [1.807, 2.05) is 66.7 Å². The van der Waals surface area contributed by atoms with Crippen molar-refractivity contribution < 1.29 is 14.3 Å². The molecule has 0 bridgehead atoms. The minimum Gasteiger partial charge on any atom is -0.426 e. The first-order chi connectivity index (χ1) is 13.2. The van der Waals surface area contributed by atoms with Gasteiger partial charge in [0.15, 0.2) is 5.60 Å². The van der Waals surface area contributed by atoms with Crippen LogP contribution in [0.4, 0.5) is 0 Å². The van der Waals surface area contributed by atoms with Crippen molar-refractivity contribution in [3.05, 3.63) is 77.9 Å². The maximum Gasteiger partial charge on any atom is 0.321 e. The van der Waals surface area contributed by atoms with Crippen molar-refractivity contribution in [2.75, 3.05) is 7.11 Å². The number of carbonyl (C=O) groups is 1. The number of carbonyl (C=O) groups excluding carboxylic acids is 1. The zero-order chi connectivity index (χ0) is 18.7. The van der Waals surface area contributed by atoms with Crippen LogP contribution >= 0.6 is 0 Å². The van der Waals surface area contributed by atoms with Gasteiger partial charge in [0, 0.05) is 24.3 Å². The summed E-state index contributed by atoms with van der Waals surface area (Å²) in [5.74, 6) is 6.82. The Morgan fingerprint density at radius 1 is 0.963 bits per heavy atom. The third kappa shape index (κ3) is 2.97. The molecule has 1 saturated carbocycles. The molecule has 0 radical (unpaired) electrons. The van der Waals surface area contributed by atoms with Crippen LogP contribution in [0, 0.1) is 17.3 Å². The molecule has 1 aliphatic carbocycles. The van der Waals surface area contributed by atoms with E-state index in [4.69, 9.17) is 9.47 Å². The first kappa shape index (κ1) is 17.6. The second-order valence-corrected chi connectivity index (χ2v) is 7.11. The Kier molecular flexibility index (Phi) is 4.59. The number of ether oxygens (including phenoxy) is 2. The molecular formula is C24H22O3. The fraction of sp³-hybridized carbons (Fsp3) is 0.292. The van der Waals surface area contributed by atoms with E-state index in [9.17, 15) is 4.79 Å². The molecule has 2 aromatic rings. The summed E-state index contributed by atoms with van der Waals surface area (Å²) in [4.78, 5) is 13.2. The van der Waals surface area contributed by atoms with Crippen molar-refractivity contribution in [1.82, 2.24) is 0 Å². The average molecular weight is 358 g/mol. The summed E-state index contributed by atoms with van der Waals surface area (Å²) in [5, 5.41) is 0. The molecule has 0 N–H and O–H groups in total. The van der Waals surface area contributed by atoms with E-state index in [2.05, 4.69) is 11.8 Å². The van der Waals surface area contributed by atoms with Gasteiger partial charge in [-0.05, 0) is 25.0 Å². The largest absolute Gasteiger partial charge is 0.426 e. The second-order valence-electron chi connectivity index (χ2n) is 7.11. The molecule has 0 aromatic heterocycles. The van der Waals surface area contributed by atoms with Crippen molar-refractivity contribution in [2.45, 2.75) is 31.3 Å². The van der Waals surface area contributed by atoms with E-state index in [0.717, 1.165) is 36.8 Å². The molecule has 3 heteroatoms. The fourth-order valence-electron chi connectivity index (χ4n) is 4.15. The molecule has 1 unspecified atom stereocenters. The summed E-state index contributed by atoms with van der Waals surface area (Å²) in [5.41, 5.74) is -0.000847. The van der Waals surface area contributed by atoms with E-state index in [1.165, 1.54) is 0 Å². The van der Waals surface area contributed by atoms with Crippen molar-refractivity contribution in [3.63, 3.8) is 0 Å². The number of esters is 1. The van der Waals surface area contributed by atoms with Gasteiger partial charge in [-0.1, -0.05) is 73.2 Å². The van der Waals surface area contributed by atoms with Crippen LogP contribution in [0.25, 0.3) is 5.76 Å². The number of hydrogen-bond acceptors (Lipinski definition) is 3. The van der Waals surface area contributed by atoms with Crippen LogP contribution in [0.5, 0.6) is 0 Å². The van der Waals surface area contributed by atoms with Crippen LogP contribution in [0.15, 0.2) is 66.7 Å². The van der Waals surface area contributed by atoms with Gasteiger partial charge in [-0.3, -0.25) is 4.79 Å². The van der Waals surface area contributed by atoms with Crippen molar-refractivity contribution >= 4 is 11.7 Å². The summed E-state index contributed by atoms with van der Waals surface area (Å²) >= 11 is 0. The van der Waals surface area contributed by atoms with Crippen LogP contribution in [-0.2, 0) is 14.3 Å². The number of benzene rings is 2. The molecule has 1 aliphatic heterocycles. The van der Waals surface area contributed by atoms with Crippen molar-refractivity contribution in [2.24, 2.45) is 5.41 Å². The Morgan fingerprint density at radius 2 is 1.59 bits per heavy atom. The van der Waals surface area contributed by atoms with Gasteiger partial charge in [0.2, 0.25) is 0 Å². The SMILES string of the molecule is COC1(C#Cc2ccccc2)C=C(c2ccccc2)OC(=O)C12CCCC2. The van der Waals surface area contributed by atoms with Gasteiger partial charge < -0.3 is 9.47 Å². The first-order valence-electron chi connectivity index (χ1n) is 9.33. The Balaban J connectivity index is 1.87. The number of rotatable bonds is 2. The summed E-state index contributed by atoms with van der Waals surface area (Å²) in [6, 6.07) is 19.4.